The van der Waals surface area contributed by atoms with Gasteiger partial charge in [-0.25, -0.2) is 9.50 Å². The lowest BCUT2D eigenvalue weighted by Crippen LogP contribution is -2.34. The van der Waals surface area contributed by atoms with Crippen molar-refractivity contribution in [3.8, 4) is 5.75 Å². The van der Waals surface area contributed by atoms with Crippen LogP contribution < -0.4 is 15.4 Å². The Hall–Kier alpha value is -3.75. The summed E-state index contributed by atoms with van der Waals surface area (Å²) in [6.45, 7) is 0.881. The quantitative estimate of drug-likeness (QED) is 0.464. The van der Waals surface area contributed by atoms with E-state index in [1.165, 1.54) is 17.0 Å². The fourth-order valence-corrected chi connectivity index (χ4v) is 3.78. The van der Waals surface area contributed by atoms with Crippen molar-refractivity contribution in [3.63, 3.8) is 0 Å². The number of nitrogens with one attached hydrogen (secondary N) is 2. The summed E-state index contributed by atoms with van der Waals surface area (Å²) in [7, 11) is 0. The smallest absolute Gasteiger partial charge is 0.315 e. The van der Waals surface area contributed by atoms with Crippen LogP contribution in [0.25, 0.3) is 5.65 Å². The summed E-state index contributed by atoms with van der Waals surface area (Å²) in [5.41, 5.74) is 2.49. The van der Waals surface area contributed by atoms with Gasteiger partial charge in [-0.05, 0) is 36.5 Å². The lowest BCUT2D eigenvalue weighted by molar-refractivity contribution is -0.131. The molecule has 0 atom stereocenters. The first-order valence-corrected chi connectivity index (χ1v) is 10.3. The second-order valence-electron chi connectivity index (χ2n) is 7.91. The molecule has 2 N–H and O–H groups in total. The van der Waals surface area contributed by atoms with Crippen molar-refractivity contribution in [2.45, 2.75) is 32.2 Å². The molecule has 158 valence electrons. The highest BCUT2D eigenvalue weighted by atomic mass is 16.5. The number of hydrogen-bond donors (Lipinski definition) is 2. The maximum Gasteiger partial charge on any atom is 0.315 e. The maximum absolute atomic E-state index is 12.8. The zero-order chi connectivity index (χ0) is 21.4. The monoisotopic (exact) mass is 419 g/mol. The average molecular weight is 419 g/mol. The third-order valence-electron chi connectivity index (χ3n) is 5.74. The van der Waals surface area contributed by atoms with E-state index < -0.39 is 5.91 Å². The fourth-order valence-electron chi connectivity index (χ4n) is 3.78. The van der Waals surface area contributed by atoms with Crippen molar-refractivity contribution in [2.24, 2.45) is 5.92 Å². The number of fused-ring (bicyclic) bond motifs is 2. The standard InChI is InChI=1S/C22H21N5O4/c28-20-9-15-8-14(4-5-18(15)31-20)12-23-21(29)16-10-17(27-19(26-16)6-7-25-27)22(30)24-11-13-2-1-3-13/h4-8,10,13H,1-3,9,11-12H2,(H,23,29)(H,24,30). The summed E-state index contributed by atoms with van der Waals surface area (Å²) in [4.78, 5) is 41.2. The predicted octanol–water partition coefficient (Wildman–Crippen LogP) is 1.65. The van der Waals surface area contributed by atoms with Gasteiger partial charge in [-0.15, -0.1) is 0 Å². The fraction of sp³-hybridized carbons (Fsp3) is 0.318. The molecule has 0 spiro atoms. The molecule has 0 unspecified atom stereocenters. The number of carbonyl (C=O) groups is 3. The van der Waals surface area contributed by atoms with Gasteiger partial charge in [0.05, 0.1) is 12.6 Å². The largest absolute Gasteiger partial charge is 0.426 e. The van der Waals surface area contributed by atoms with E-state index in [4.69, 9.17) is 4.74 Å². The summed E-state index contributed by atoms with van der Waals surface area (Å²) in [6, 6.07) is 8.47. The molecule has 0 radical (unpaired) electrons. The van der Waals surface area contributed by atoms with Crippen LogP contribution in [-0.4, -0.2) is 38.9 Å². The highest BCUT2D eigenvalue weighted by Gasteiger charge is 2.22. The third kappa shape index (κ3) is 3.86. The normalized spacial score (nSPS) is 15.3. The summed E-state index contributed by atoms with van der Waals surface area (Å²) in [5.74, 6) is 0.127. The molecule has 3 heterocycles. The number of rotatable bonds is 6. The van der Waals surface area contributed by atoms with Crippen LogP contribution >= 0.6 is 0 Å². The molecule has 1 saturated carbocycles. The molecule has 0 saturated heterocycles. The van der Waals surface area contributed by atoms with Crippen molar-refractivity contribution in [1.29, 1.82) is 0 Å². The molecular formula is C22H21N5O4. The first-order valence-electron chi connectivity index (χ1n) is 10.3. The second-order valence-corrected chi connectivity index (χ2v) is 7.91. The number of nitrogens with zero attached hydrogens (tertiary/aromatic N) is 3. The van der Waals surface area contributed by atoms with Gasteiger partial charge in [0.25, 0.3) is 11.8 Å². The minimum absolute atomic E-state index is 0.140. The van der Waals surface area contributed by atoms with Gasteiger partial charge < -0.3 is 15.4 Å². The lowest BCUT2D eigenvalue weighted by Gasteiger charge is -2.25. The molecule has 2 amide bonds. The Morgan fingerprint density at radius 3 is 2.81 bits per heavy atom. The first-order chi connectivity index (χ1) is 15.1. The number of benzene rings is 1. The van der Waals surface area contributed by atoms with E-state index in [-0.39, 0.29) is 36.2 Å². The summed E-state index contributed by atoms with van der Waals surface area (Å²) in [5, 5.41) is 9.91. The second kappa shape index (κ2) is 7.82. The van der Waals surface area contributed by atoms with Gasteiger partial charge in [0, 0.05) is 30.8 Å². The minimum Gasteiger partial charge on any atom is -0.426 e. The van der Waals surface area contributed by atoms with Gasteiger partial charge in [0.1, 0.15) is 17.1 Å². The highest BCUT2D eigenvalue weighted by Crippen LogP contribution is 2.27. The zero-order valence-electron chi connectivity index (χ0n) is 16.8. The number of hydrogen-bond acceptors (Lipinski definition) is 6. The Morgan fingerprint density at radius 2 is 2.00 bits per heavy atom. The molecule has 0 bridgehead atoms. The number of ether oxygens (including phenoxy) is 1. The maximum atomic E-state index is 12.8. The molecule has 9 nitrogen and oxygen atoms in total. The molecule has 5 rings (SSSR count). The van der Waals surface area contributed by atoms with E-state index in [0.717, 1.165) is 24.0 Å². The topological polar surface area (TPSA) is 115 Å². The Balaban J connectivity index is 1.31. The van der Waals surface area contributed by atoms with Crippen molar-refractivity contribution >= 4 is 23.4 Å². The van der Waals surface area contributed by atoms with Crippen molar-refractivity contribution < 1.29 is 19.1 Å². The van der Waals surface area contributed by atoms with Gasteiger partial charge in [0.2, 0.25) is 0 Å². The molecule has 1 aliphatic carbocycles. The van der Waals surface area contributed by atoms with E-state index in [0.29, 0.717) is 23.9 Å². The van der Waals surface area contributed by atoms with Crippen LogP contribution in [0.15, 0.2) is 36.5 Å². The average Bonchev–Trinajstić information content (AvgIpc) is 3.34. The van der Waals surface area contributed by atoms with Crippen LogP contribution in [0.2, 0.25) is 0 Å². The van der Waals surface area contributed by atoms with Crippen molar-refractivity contribution in [2.75, 3.05) is 6.54 Å². The van der Waals surface area contributed by atoms with E-state index in [1.54, 1.807) is 24.4 Å². The van der Waals surface area contributed by atoms with E-state index in [2.05, 4.69) is 20.7 Å². The van der Waals surface area contributed by atoms with Crippen LogP contribution in [0.4, 0.5) is 0 Å². The Morgan fingerprint density at radius 1 is 1.13 bits per heavy atom. The molecule has 1 aromatic carbocycles. The number of carbonyl (C=O) groups excluding carboxylic acids is 3. The molecule has 2 aliphatic rings. The molecule has 1 fully saturated rings. The Labute approximate surface area is 177 Å². The van der Waals surface area contributed by atoms with Gasteiger partial charge in [0.15, 0.2) is 5.65 Å². The van der Waals surface area contributed by atoms with E-state index >= 15 is 0 Å². The SMILES string of the molecule is O=C1Cc2cc(CNC(=O)c3cc(C(=O)NCC4CCC4)n4nccc4n3)ccc2O1. The zero-order valence-corrected chi connectivity index (χ0v) is 16.8. The molecule has 31 heavy (non-hydrogen) atoms. The Bertz CT molecular complexity index is 1200. The number of esters is 1. The molecule has 9 heteroatoms. The van der Waals surface area contributed by atoms with Crippen molar-refractivity contribution in [3.05, 3.63) is 59.0 Å². The highest BCUT2D eigenvalue weighted by molar-refractivity contribution is 5.98. The van der Waals surface area contributed by atoms with E-state index in [9.17, 15) is 14.4 Å². The number of aromatic nitrogens is 3. The summed E-state index contributed by atoms with van der Waals surface area (Å²) < 4.78 is 6.52. The molecular weight excluding hydrogens is 398 g/mol. The molecule has 2 aromatic heterocycles. The minimum atomic E-state index is -0.399. The van der Waals surface area contributed by atoms with Crippen molar-refractivity contribution in [1.82, 2.24) is 25.2 Å². The van der Waals surface area contributed by atoms with Gasteiger partial charge >= 0.3 is 5.97 Å². The summed E-state index contributed by atoms with van der Waals surface area (Å²) in [6.07, 6.45) is 5.24. The number of amides is 2. The van der Waals surface area contributed by atoms with Crippen LogP contribution in [0, 0.1) is 5.92 Å². The molecule has 3 aromatic rings. The van der Waals surface area contributed by atoms with Crippen LogP contribution in [0.5, 0.6) is 5.75 Å². The van der Waals surface area contributed by atoms with Crippen LogP contribution in [-0.2, 0) is 17.8 Å². The lowest BCUT2D eigenvalue weighted by atomic mass is 9.85. The van der Waals surface area contributed by atoms with Gasteiger partial charge in [-0.3, -0.25) is 14.4 Å². The van der Waals surface area contributed by atoms with Crippen LogP contribution in [0.3, 0.4) is 0 Å². The summed E-state index contributed by atoms with van der Waals surface area (Å²) >= 11 is 0. The third-order valence-corrected chi connectivity index (χ3v) is 5.74. The van der Waals surface area contributed by atoms with E-state index in [1.807, 2.05) is 6.07 Å². The van der Waals surface area contributed by atoms with Crippen LogP contribution in [0.1, 0.15) is 51.4 Å². The Kier molecular flexibility index (Phi) is 4.85. The van der Waals surface area contributed by atoms with Gasteiger partial charge in [-0.1, -0.05) is 12.5 Å². The first kappa shape index (κ1) is 19.2. The predicted molar refractivity (Wildman–Crippen MR) is 110 cm³/mol. The van der Waals surface area contributed by atoms with Gasteiger partial charge in [-0.2, -0.15) is 5.10 Å². The molecule has 1 aliphatic heterocycles.